The number of fused-ring (bicyclic) bond motifs is 1. The van der Waals surface area contributed by atoms with Crippen molar-refractivity contribution in [3.8, 4) is 0 Å². The van der Waals surface area contributed by atoms with Crippen molar-refractivity contribution >= 4 is 27.4 Å². The van der Waals surface area contributed by atoms with Crippen molar-refractivity contribution in [3.63, 3.8) is 0 Å². The van der Waals surface area contributed by atoms with E-state index in [2.05, 4.69) is 39.1 Å². The molecule has 0 saturated heterocycles. The van der Waals surface area contributed by atoms with Gasteiger partial charge in [0.2, 0.25) is 0 Å². The lowest BCUT2D eigenvalue weighted by Crippen LogP contribution is -2.15. The molecule has 1 N–H and O–H groups in total. The molecule has 0 spiro atoms. The van der Waals surface area contributed by atoms with E-state index < -0.39 is 0 Å². The molecule has 0 amide bonds. The van der Waals surface area contributed by atoms with Crippen LogP contribution in [0.3, 0.4) is 0 Å². The fraction of sp³-hybridized carbons (Fsp3) is 0.625. The van der Waals surface area contributed by atoms with Gasteiger partial charge < -0.3 is 10.1 Å². The molecule has 1 unspecified atom stereocenters. The molecule has 2 aromatic heterocycles. The minimum Gasteiger partial charge on any atom is -0.370 e. The molecule has 4 nitrogen and oxygen atoms in total. The zero-order valence-corrected chi connectivity index (χ0v) is 14.4. The number of aryl methyl sites for hydroxylation is 1. The number of hydrogen-bond acceptors (Lipinski definition) is 5. The predicted molar refractivity (Wildman–Crippen MR) is 90.2 cm³/mol. The summed E-state index contributed by atoms with van der Waals surface area (Å²) in [5.74, 6) is 2.07. The van der Waals surface area contributed by atoms with Crippen LogP contribution in [0, 0.1) is 5.92 Å². The van der Waals surface area contributed by atoms with Crippen LogP contribution in [-0.4, -0.2) is 23.1 Å². The molecule has 1 atom stereocenters. The van der Waals surface area contributed by atoms with Crippen molar-refractivity contribution in [3.05, 3.63) is 16.8 Å². The zero-order valence-electron chi connectivity index (χ0n) is 13.6. The maximum absolute atomic E-state index is 5.86. The van der Waals surface area contributed by atoms with E-state index in [-0.39, 0.29) is 6.10 Å². The molecule has 0 aliphatic carbocycles. The predicted octanol–water partition coefficient (Wildman–Crippen LogP) is 4.42. The van der Waals surface area contributed by atoms with Crippen molar-refractivity contribution in [1.29, 1.82) is 0 Å². The Balaban J connectivity index is 2.53. The monoisotopic (exact) mass is 307 g/mol. The van der Waals surface area contributed by atoms with Gasteiger partial charge in [0, 0.05) is 18.0 Å². The van der Waals surface area contributed by atoms with Gasteiger partial charge in [-0.25, -0.2) is 9.97 Å². The Kier molecular flexibility index (Phi) is 5.53. The molecule has 0 aromatic carbocycles. The lowest BCUT2D eigenvalue weighted by molar-refractivity contribution is 0.0236. The van der Waals surface area contributed by atoms with Gasteiger partial charge in [-0.1, -0.05) is 20.8 Å². The molecule has 0 aliphatic rings. The van der Waals surface area contributed by atoms with Gasteiger partial charge in [0.05, 0.1) is 5.39 Å². The van der Waals surface area contributed by atoms with Crippen LogP contribution in [0.1, 0.15) is 51.4 Å². The molecule has 2 heterocycles. The summed E-state index contributed by atoms with van der Waals surface area (Å²) in [6, 6.07) is 2.20. The second kappa shape index (κ2) is 7.18. The second-order valence-electron chi connectivity index (χ2n) is 5.37. The standard InChI is InChI=1S/C16H25N3OS/c1-6-11-9-12-14(17-7-2)18-15(19-16(12)21-11)13(10(4)5)20-8-3/h9-10,13H,6-8H2,1-5H3,(H,17,18,19). The summed E-state index contributed by atoms with van der Waals surface area (Å²) in [5.41, 5.74) is 0. The number of ether oxygens (including phenoxy) is 1. The van der Waals surface area contributed by atoms with Gasteiger partial charge in [0.15, 0.2) is 5.82 Å². The van der Waals surface area contributed by atoms with E-state index in [0.717, 1.165) is 34.8 Å². The first-order chi connectivity index (χ1) is 10.1. The first-order valence-electron chi connectivity index (χ1n) is 7.76. The molecule has 2 aromatic rings. The van der Waals surface area contributed by atoms with Crippen LogP contribution in [0.5, 0.6) is 0 Å². The van der Waals surface area contributed by atoms with Gasteiger partial charge in [-0.3, -0.25) is 0 Å². The quantitative estimate of drug-likeness (QED) is 0.822. The smallest absolute Gasteiger partial charge is 0.161 e. The van der Waals surface area contributed by atoms with Gasteiger partial charge >= 0.3 is 0 Å². The number of nitrogens with one attached hydrogen (secondary N) is 1. The van der Waals surface area contributed by atoms with Gasteiger partial charge in [-0.2, -0.15) is 0 Å². The number of rotatable bonds is 7. The van der Waals surface area contributed by atoms with Crippen molar-refractivity contribution in [2.24, 2.45) is 5.92 Å². The van der Waals surface area contributed by atoms with E-state index in [1.54, 1.807) is 11.3 Å². The second-order valence-corrected chi connectivity index (χ2v) is 6.48. The number of thiophene rings is 1. The first kappa shape index (κ1) is 16.2. The van der Waals surface area contributed by atoms with E-state index in [4.69, 9.17) is 14.7 Å². The normalized spacial score (nSPS) is 13.0. The van der Waals surface area contributed by atoms with Gasteiger partial charge in [-0.15, -0.1) is 11.3 Å². The van der Waals surface area contributed by atoms with E-state index in [1.165, 1.54) is 4.88 Å². The van der Waals surface area contributed by atoms with Crippen molar-refractivity contribution in [2.75, 3.05) is 18.5 Å². The van der Waals surface area contributed by atoms with E-state index in [9.17, 15) is 0 Å². The Hall–Kier alpha value is -1.20. The van der Waals surface area contributed by atoms with Crippen LogP contribution in [0.2, 0.25) is 0 Å². The highest BCUT2D eigenvalue weighted by Crippen LogP contribution is 2.32. The summed E-state index contributed by atoms with van der Waals surface area (Å²) in [4.78, 5) is 11.9. The molecule has 5 heteroatoms. The van der Waals surface area contributed by atoms with Crippen LogP contribution < -0.4 is 5.32 Å². The number of hydrogen-bond donors (Lipinski definition) is 1. The lowest BCUT2D eigenvalue weighted by Gasteiger charge is -2.20. The third-order valence-corrected chi connectivity index (χ3v) is 4.53. The number of aromatic nitrogens is 2. The van der Waals surface area contributed by atoms with Crippen LogP contribution >= 0.6 is 11.3 Å². The molecule has 0 aliphatic heterocycles. The summed E-state index contributed by atoms with van der Waals surface area (Å²) < 4.78 is 5.86. The number of anilines is 1. The Morgan fingerprint density at radius 3 is 2.57 bits per heavy atom. The first-order valence-corrected chi connectivity index (χ1v) is 8.58. The van der Waals surface area contributed by atoms with Crippen molar-refractivity contribution in [2.45, 2.75) is 47.1 Å². The van der Waals surface area contributed by atoms with Crippen molar-refractivity contribution < 1.29 is 4.74 Å². The summed E-state index contributed by atoms with van der Waals surface area (Å²) in [7, 11) is 0. The Bertz CT molecular complexity index is 594. The van der Waals surface area contributed by atoms with Crippen LogP contribution in [-0.2, 0) is 11.2 Å². The summed E-state index contributed by atoms with van der Waals surface area (Å²) in [6.07, 6.45) is 0.977. The van der Waals surface area contributed by atoms with Crippen molar-refractivity contribution in [1.82, 2.24) is 9.97 Å². The molecule has 116 valence electrons. The zero-order chi connectivity index (χ0) is 15.4. The average Bonchev–Trinajstić information content (AvgIpc) is 2.88. The molecule has 0 saturated carbocycles. The fourth-order valence-corrected chi connectivity index (χ4v) is 3.31. The van der Waals surface area contributed by atoms with E-state index in [0.29, 0.717) is 12.5 Å². The van der Waals surface area contributed by atoms with Gasteiger partial charge in [0.25, 0.3) is 0 Å². The minimum atomic E-state index is -0.0519. The highest BCUT2D eigenvalue weighted by atomic mass is 32.1. The van der Waals surface area contributed by atoms with Crippen LogP contribution in [0.25, 0.3) is 10.2 Å². The topological polar surface area (TPSA) is 47.0 Å². The summed E-state index contributed by atoms with van der Waals surface area (Å²) in [6.45, 7) is 12.1. The highest BCUT2D eigenvalue weighted by Gasteiger charge is 2.21. The lowest BCUT2D eigenvalue weighted by atomic mass is 10.1. The molecule has 0 fully saturated rings. The molecular weight excluding hydrogens is 282 g/mol. The highest BCUT2D eigenvalue weighted by molar-refractivity contribution is 7.18. The maximum Gasteiger partial charge on any atom is 0.161 e. The van der Waals surface area contributed by atoms with Gasteiger partial charge in [0.1, 0.15) is 16.8 Å². The molecule has 2 rings (SSSR count). The largest absolute Gasteiger partial charge is 0.370 e. The SMILES string of the molecule is CCNc1nc(C(OCC)C(C)C)nc2sc(CC)cc12. The van der Waals surface area contributed by atoms with E-state index >= 15 is 0 Å². The summed E-state index contributed by atoms with van der Waals surface area (Å²) >= 11 is 1.75. The summed E-state index contributed by atoms with van der Waals surface area (Å²) in [5, 5.41) is 4.49. The minimum absolute atomic E-state index is 0.0519. The fourth-order valence-electron chi connectivity index (χ4n) is 2.34. The Labute approximate surface area is 131 Å². The third-order valence-electron chi connectivity index (χ3n) is 3.36. The number of nitrogens with zero attached hydrogens (tertiary/aromatic N) is 2. The molecule has 21 heavy (non-hydrogen) atoms. The third kappa shape index (κ3) is 3.52. The average molecular weight is 307 g/mol. The van der Waals surface area contributed by atoms with E-state index in [1.807, 2.05) is 6.92 Å². The maximum atomic E-state index is 5.86. The molecular formula is C16H25N3OS. The van der Waals surface area contributed by atoms with Crippen LogP contribution in [0.15, 0.2) is 6.07 Å². The Morgan fingerprint density at radius 1 is 1.24 bits per heavy atom. The Morgan fingerprint density at radius 2 is 2.00 bits per heavy atom. The van der Waals surface area contributed by atoms with Crippen LogP contribution in [0.4, 0.5) is 5.82 Å². The molecule has 0 bridgehead atoms. The van der Waals surface area contributed by atoms with Gasteiger partial charge in [-0.05, 0) is 32.3 Å². The molecule has 0 radical (unpaired) electrons.